The number of halogens is 3. The maximum atomic E-state index is 12.5. The van der Waals surface area contributed by atoms with Crippen molar-refractivity contribution in [1.29, 1.82) is 0 Å². The fourth-order valence-corrected chi connectivity index (χ4v) is 1.80. The molecule has 4 heteroatoms. The molecule has 2 N–H and O–H groups in total. The van der Waals surface area contributed by atoms with Crippen LogP contribution in [-0.4, -0.2) is 6.04 Å². The number of rotatable bonds is 4. The summed E-state index contributed by atoms with van der Waals surface area (Å²) in [6.07, 6.45) is -2.86. The maximum Gasteiger partial charge on any atom is 0.416 e. The summed E-state index contributed by atoms with van der Waals surface area (Å²) in [6.45, 7) is 3.95. The Morgan fingerprint density at radius 3 is 2.47 bits per heavy atom. The summed E-state index contributed by atoms with van der Waals surface area (Å²) in [5.41, 5.74) is 5.97. The van der Waals surface area contributed by atoms with Gasteiger partial charge in [-0.15, -0.1) is 0 Å². The smallest absolute Gasteiger partial charge is 0.327 e. The number of hydrogen-bond acceptors (Lipinski definition) is 1. The molecule has 96 valence electrons. The third kappa shape index (κ3) is 4.04. The van der Waals surface area contributed by atoms with Crippen LogP contribution >= 0.6 is 0 Å². The van der Waals surface area contributed by atoms with Gasteiger partial charge in [0.1, 0.15) is 0 Å². The number of alkyl halides is 3. The molecule has 0 aromatic heterocycles. The van der Waals surface area contributed by atoms with Crippen LogP contribution in [0.1, 0.15) is 31.4 Å². The van der Waals surface area contributed by atoms with Gasteiger partial charge < -0.3 is 5.73 Å². The number of hydrogen-bond donors (Lipinski definition) is 1. The zero-order valence-electron chi connectivity index (χ0n) is 10.1. The van der Waals surface area contributed by atoms with Gasteiger partial charge in [-0.05, 0) is 30.4 Å². The largest absolute Gasteiger partial charge is 0.416 e. The Kier molecular flexibility index (Phi) is 4.57. The zero-order chi connectivity index (χ0) is 13.1. The fraction of sp³-hybridized carbons (Fsp3) is 0.538. The average Bonchev–Trinajstić information content (AvgIpc) is 2.27. The molecule has 0 amide bonds. The first-order valence-electron chi connectivity index (χ1n) is 5.76. The highest BCUT2D eigenvalue weighted by molar-refractivity contribution is 5.26. The van der Waals surface area contributed by atoms with E-state index in [1.807, 2.05) is 13.8 Å². The van der Waals surface area contributed by atoms with E-state index in [2.05, 4.69) is 0 Å². The van der Waals surface area contributed by atoms with Crippen molar-refractivity contribution < 1.29 is 13.2 Å². The van der Waals surface area contributed by atoms with Gasteiger partial charge >= 0.3 is 6.18 Å². The van der Waals surface area contributed by atoms with E-state index in [4.69, 9.17) is 5.73 Å². The lowest BCUT2D eigenvalue weighted by Gasteiger charge is -2.18. The predicted molar refractivity (Wildman–Crippen MR) is 62.6 cm³/mol. The first-order valence-corrected chi connectivity index (χ1v) is 5.76. The highest BCUT2D eigenvalue weighted by atomic mass is 19.4. The Bertz CT molecular complexity index is 360. The lowest BCUT2D eigenvalue weighted by molar-refractivity contribution is -0.137. The number of benzene rings is 1. The molecule has 1 nitrogen and oxygen atoms in total. The Labute approximate surface area is 99.8 Å². The molecule has 2 unspecified atom stereocenters. The van der Waals surface area contributed by atoms with Gasteiger partial charge in [-0.2, -0.15) is 13.2 Å². The van der Waals surface area contributed by atoms with Gasteiger partial charge in [0.25, 0.3) is 0 Å². The van der Waals surface area contributed by atoms with Crippen molar-refractivity contribution in [2.45, 2.75) is 38.9 Å². The fourth-order valence-electron chi connectivity index (χ4n) is 1.80. The van der Waals surface area contributed by atoms with Crippen LogP contribution in [0.25, 0.3) is 0 Å². The second-order valence-corrected chi connectivity index (χ2v) is 4.45. The summed E-state index contributed by atoms with van der Waals surface area (Å²) in [7, 11) is 0. The quantitative estimate of drug-likeness (QED) is 0.861. The maximum absolute atomic E-state index is 12.5. The summed E-state index contributed by atoms with van der Waals surface area (Å²) in [5.74, 6) is 0.184. The normalized spacial score (nSPS) is 15.6. The van der Waals surface area contributed by atoms with Crippen molar-refractivity contribution in [1.82, 2.24) is 0 Å². The van der Waals surface area contributed by atoms with Crippen molar-refractivity contribution in [3.63, 3.8) is 0 Å². The van der Waals surface area contributed by atoms with Crippen LogP contribution in [0.4, 0.5) is 13.2 Å². The van der Waals surface area contributed by atoms with Crippen LogP contribution in [0.15, 0.2) is 24.3 Å². The third-order valence-electron chi connectivity index (χ3n) is 3.01. The molecule has 1 rings (SSSR count). The van der Waals surface area contributed by atoms with Gasteiger partial charge in [-0.25, -0.2) is 0 Å². The zero-order valence-corrected chi connectivity index (χ0v) is 10.1. The van der Waals surface area contributed by atoms with Crippen molar-refractivity contribution in [3.05, 3.63) is 35.4 Å². The third-order valence-corrected chi connectivity index (χ3v) is 3.01. The standard InChI is InChI=1S/C13H18F3N/c1-3-12(17)9(2)7-10-5-4-6-11(8-10)13(14,15)16/h4-6,8-9,12H,3,7,17H2,1-2H3. The Morgan fingerprint density at radius 2 is 1.94 bits per heavy atom. The lowest BCUT2D eigenvalue weighted by atomic mass is 9.92. The summed E-state index contributed by atoms with van der Waals surface area (Å²) in [5, 5.41) is 0. The van der Waals surface area contributed by atoms with Gasteiger partial charge in [-0.1, -0.05) is 32.0 Å². The topological polar surface area (TPSA) is 26.0 Å². The Morgan fingerprint density at radius 1 is 1.29 bits per heavy atom. The molecule has 0 saturated heterocycles. The van der Waals surface area contributed by atoms with Crippen LogP contribution in [-0.2, 0) is 12.6 Å². The minimum atomic E-state index is -4.27. The van der Waals surface area contributed by atoms with Crippen LogP contribution in [0.3, 0.4) is 0 Å². The monoisotopic (exact) mass is 245 g/mol. The van der Waals surface area contributed by atoms with E-state index in [1.54, 1.807) is 6.07 Å². The van der Waals surface area contributed by atoms with Crippen LogP contribution in [0, 0.1) is 5.92 Å². The van der Waals surface area contributed by atoms with E-state index in [-0.39, 0.29) is 12.0 Å². The molecule has 0 spiro atoms. The molecule has 1 aromatic carbocycles. The first-order chi connectivity index (χ1) is 7.84. The van der Waals surface area contributed by atoms with E-state index >= 15 is 0 Å². The second kappa shape index (κ2) is 5.54. The van der Waals surface area contributed by atoms with Gasteiger partial charge in [0, 0.05) is 6.04 Å². The van der Waals surface area contributed by atoms with E-state index < -0.39 is 11.7 Å². The van der Waals surface area contributed by atoms with Gasteiger partial charge in [0.2, 0.25) is 0 Å². The first kappa shape index (κ1) is 14.0. The van der Waals surface area contributed by atoms with E-state index in [0.717, 1.165) is 12.5 Å². The van der Waals surface area contributed by atoms with Crippen molar-refractivity contribution in [2.75, 3.05) is 0 Å². The molecule has 0 aliphatic rings. The van der Waals surface area contributed by atoms with Crippen LogP contribution < -0.4 is 5.73 Å². The Balaban J connectivity index is 2.79. The molecule has 2 atom stereocenters. The minimum Gasteiger partial charge on any atom is -0.327 e. The lowest BCUT2D eigenvalue weighted by Crippen LogP contribution is -2.28. The second-order valence-electron chi connectivity index (χ2n) is 4.45. The molecule has 0 bridgehead atoms. The van der Waals surface area contributed by atoms with Gasteiger partial charge in [0.15, 0.2) is 0 Å². The highest BCUT2D eigenvalue weighted by Gasteiger charge is 2.30. The molecular formula is C13H18F3N. The van der Waals surface area contributed by atoms with E-state index in [0.29, 0.717) is 12.0 Å². The predicted octanol–water partition coefficient (Wildman–Crippen LogP) is 3.62. The summed E-state index contributed by atoms with van der Waals surface area (Å²) in [4.78, 5) is 0. The van der Waals surface area contributed by atoms with Crippen LogP contribution in [0.5, 0.6) is 0 Å². The van der Waals surface area contributed by atoms with Crippen molar-refractivity contribution in [3.8, 4) is 0 Å². The minimum absolute atomic E-state index is 0.0320. The molecule has 0 aliphatic carbocycles. The summed E-state index contributed by atoms with van der Waals surface area (Å²) < 4.78 is 37.5. The molecular weight excluding hydrogens is 227 g/mol. The molecule has 0 saturated carbocycles. The molecule has 0 aliphatic heterocycles. The average molecular weight is 245 g/mol. The molecule has 0 fully saturated rings. The van der Waals surface area contributed by atoms with E-state index in [9.17, 15) is 13.2 Å². The molecule has 0 radical (unpaired) electrons. The van der Waals surface area contributed by atoms with Gasteiger partial charge in [-0.3, -0.25) is 0 Å². The van der Waals surface area contributed by atoms with Gasteiger partial charge in [0.05, 0.1) is 5.56 Å². The number of nitrogens with two attached hydrogens (primary N) is 1. The SMILES string of the molecule is CCC(N)C(C)Cc1cccc(C(F)(F)F)c1. The Hall–Kier alpha value is -1.03. The summed E-state index contributed by atoms with van der Waals surface area (Å²) in [6, 6.07) is 5.49. The van der Waals surface area contributed by atoms with E-state index in [1.165, 1.54) is 12.1 Å². The summed E-state index contributed by atoms with van der Waals surface area (Å²) >= 11 is 0. The molecule has 0 heterocycles. The highest BCUT2D eigenvalue weighted by Crippen LogP contribution is 2.30. The molecule has 17 heavy (non-hydrogen) atoms. The van der Waals surface area contributed by atoms with Crippen molar-refractivity contribution in [2.24, 2.45) is 11.7 Å². The molecule has 1 aromatic rings. The van der Waals surface area contributed by atoms with Crippen molar-refractivity contribution >= 4 is 0 Å². The van der Waals surface area contributed by atoms with Crippen LogP contribution in [0.2, 0.25) is 0 Å².